The number of nitrogens with zero attached hydrogens (tertiary/aromatic N) is 2. The second-order valence-electron chi connectivity index (χ2n) is 5.86. The number of carbonyl (C=O) groups excluding carboxylic acids is 2. The van der Waals surface area contributed by atoms with Crippen LogP contribution < -0.4 is 14.8 Å². The molecule has 0 unspecified atom stereocenters. The number of carbonyl (C=O) groups is 2. The van der Waals surface area contributed by atoms with Gasteiger partial charge in [0.2, 0.25) is 12.7 Å². The van der Waals surface area contributed by atoms with Crippen LogP contribution in [-0.4, -0.2) is 35.2 Å². The Kier molecular flexibility index (Phi) is 4.70. The number of aromatic hydroxyl groups is 1. The van der Waals surface area contributed by atoms with E-state index in [1.807, 2.05) is 0 Å². The molecule has 0 bridgehead atoms. The molecule has 0 saturated carbocycles. The molecule has 3 aromatic rings. The number of halogens is 1. The summed E-state index contributed by atoms with van der Waals surface area (Å²) in [7, 11) is 0. The van der Waals surface area contributed by atoms with Crippen LogP contribution in [0.4, 0.5) is 5.69 Å². The van der Waals surface area contributed by atoms with E-state index in [2.05, 4.69) is 36.5 Å². The molecular weight excluding hydrogens is 432 g/mol. The average Bonchev–Trinajstić information content (AvgIpc) is 3.27. The summed E-state index contributed by atoms with van der Waals surface area (Å²) in [6.45, 7) is -0.236. The van der Waals surface area contributed by atoms with Crippen LogP contribution in [0, 0.1) is 0 Å². The van der Waals surface area contributed by atoms with Gasteiger partial charge in [0.25, 0.3) is 11.8 Å². The zero-order valence-electron chi connectivity index (χ0n) is 14.2. The van der Waals surface area contributed by atoms with Crippen LogP contribution in [0.3, 0.4) is 0 Å². The van der Waals surface area contributed by atoms with Crippen molar-refractivity contribution in [2.45, 2.75) is 0 Å². The maximum Gasteiger partial charge on any atom is 0.283 e. The quantitative estimate of drug-likeness (QED) is 0.531. The minimum atomic E-state index is -0.669. The van der Waals surface area contributed by atoms with Crippen molar-refractivity contribution in [3.05, 3.63) is 46.4 Å². The molecule has 0 fully saturated rings. The summed E-state index contributed by atoms with van der Waals surface area (Å²) >= 11 is 3.34. The molecule has 3 N–H and O–H groups in total. The number of ether oxygens (including phenoxy) is 2. The van der Waals surface area contributed by atoms with E-state index in [0.717, 1.165) is 4.47 Å². The summed E-state index contributed by atoms with van der Waals surface area (Å²) in [4.78, 5) is 26.9. The Balaban J connectivity index is 1.41. The van der Waals surface area contributed by atoms with Crippen LogP contribution >= 0.6 is 15.9 Å². The van der Waals surface area contributed by atoms with Crippen molar-refractivity contribution in [2.75, 3.05) is 13.3 Å². The van der Waals surface area contributed by atoms with Crippen molar-refractivity contribution in [3.63, 3.8) is 0 Å². The van der Waals surface area contributed by atoms with Gasteiger partial charge in [0.05, 0.1) is 5.52 Å². The van der Waals surface area contributed by atoms with Crippen molar-refractivity contribution in [1.29, 1.82) is 0 Å². The lowest BCUT2D eigenvalue weighted by Gasteiger charge is -2.03. The highest BCUT2D eigenvalue weighted by Crippen LogP contribution is 2.36. The monoisotopic (exact) mass is 444 g/mol. The summed E-state index contributed by atoms with van der Waals surface area (Å²) < 4.78 is 11.2. The van der Waals surface area contributed by atoms with Gasteiger partial charge in [0.1, 0.15) is 6.54 Å². The highest BCUT2D eigenvalue weighted by molar-refractivity contribution is 9.10. The fourth-order valence-corrected chi connectivity index (χ4v) is 3.03. The Morgan fingerprint density at radius 3 is 2.86 bits per heavy atom. The molecule has 2 amide bonds. The maximum atomic E-state index is 12.2. The predicted molar refractivity (Wildman–Crippen MR) is 102 cm³/mol. The Morgan fingerprint density at radius 1 is 1.18 bits per heavy atom. The van der Waals surface area contributed by atoms with E-state index >= 15 is 0 Å². The minimum Gasteiger partial charge on any atom is -0.493 e. The Bertz CT molecular complexity index is 1120. The minimum absolute atomic E-state index is 0.108. The van der Waals surface area contributed by atoms with Crippen molar-refractivity contribution >= 4 is 44.3 Å². The number of rotatable bonds is 4. The fourth-order valence-electron chi connectivity index (χ4n) is 2.67. The summed E-state index contributed by atoms with van der Waals surface area (Å²) in [6.07, 6.45) is 0. The van der Waals surface area contributed by atoms with Crippen LogP contribution in [0.2, 0.25) is 0 Å². The van der Waals surface area contributed by atoms with E-state index < -0.39 is 11.8 Å². The van der Waals surface area contributed by atoms with Crippen molar-refractivity contribution in [2.24, 2.45) is 10.2 Å². The summed E-state index contributed by atoms with van der Waals surface area (Å²) in [6, 6.07) is 10.0. The second kappa shape index (κ2) is 7.31. The fraction of sp³-hybridized carbons (Fsp3) is 0.111. The van der Waals surface area contributed by atoms with Crippen molar-refractivity contribution in [1.82, 2.24) is 10.3 Å². The second-order valence-corrected chi connectivity index (χ2v) is 6.77. The third-order valence-corrected chi connectivity index (χ3v) is 4.50. The molecule has 9 nitrogen and oxygen atoms in total. The summed E-state index contributed by atoms with van der Waals surface area (Å²) in [5, 5.41) is 20.4. The molecule has 1 aliphatic heterocycles. The first kappa shape index (κ1) is 18.0. The van der Waals surface area contributed by atoms with Gasteiger partial charge in [-0.2, -0.15) is 0 Å². The van der Waals surface area contributed by atoms with Crippen molar-refractivity contribution < 1.29 is 24.2 Å². The smallest absolute Gasteiger partial charge is 0.283 e. The molecule has 1 aliphatic rings. The Morgan fingerprint density at radius 2 is 2.00 bits per heavy atom. The topological polar surface area (TPSA) is 125 Å². The first-order chi connectivity index (χ1) is 13.5. The van der Waals surface area contributed by atoms with E-state index in [9.17, 15) is 14.7 Å². The molecule has 2 heterocycles. The maximum absolute atomic E-state index is 12.2. The third kappa shape index (κ3) is 3.54. The summed E-state index contributed by atoms with van der Waals surface area (Å²) in [5.41, 5.74) is 1.12. The molecule has 1 aromatic heterocycles. The Hall–Kier alpha value is -3.40. The first-order valence-corrected chi connectivity index (χ1v) is 8.93. The van der Waals surface area contributed by atoms with E-state index in [1.165, 1.54) is 6.07 Å². The van der Waals surface area contributed by atoms with Crippen LogP contribution in [-0.2, 0) is 4.79 Å². The van der Waals surface area contributed by atoms with Gasteiger partial charge in [0, 0.05) is 15.4 Å². The van der Waals surface area contributed by atoms with Gasteiger partial charge in [0.15, 0.2) is 17.2 Å². The van der Waals surface area contributed by atoms with Crippen LogP contribution in [0.1, 0.15) is 10.4 Å². The highest BCUT2D eigenvalue weighted by atomic mass is 79.9. The van der Waals surface area contributed by atoms with E-state index in [-0.39, 0.29) is 24.9 Å². The van der Waals surface area contributed by atoms with Gasteiger partial charge >= 0.3 is 0 Å². The molecule has 28 heavy (non-hydrogen) atoms. The third-order valence-electron chi connectivity index (χ3n) is 4.01. The molecule has 0 aliphatic carbocycles. The lowest BCUT2D eigenvalue weighted by atomic mass is 10.2. The number of aromatic amines is 1. The molecule has 4 rings (SSSR count). The number of azo groups is 1. The van der Waals surface area contributed by atoms with Gasteiger partial charge in [-0.15, -0.1) is 10.2 Å². The van der Waals surface area contributed by atoms with E-state index in [1.54, 1.807) is 30.3 Å². The number of hydrogen-bond acceptors (Lipinski definition) is 6. The highest BCUT2D eigenvalue weighted by Gasteiger charge is 2.17. The Labute approximate surface area is 166 Å². The molecular formula is C18H13BrN4O5. The lowest BCUT2D eigenvalue weighted by Crippen LogP contribution is -2.28. The van der Waals surface area contributed by atoms with Crippen LogP contribution in [0.5, 0.6) is 17.4 Å². The van der Waals surface area contributed by atoms with E-state index in [0.29, 0.717) is 28.0 Å². The number of amides is 2. The normalized spacial score (nSPS) is 12.6. The number of H-pyrrole nitrogens is 1. The van der Waals surface area contributed by atoms with Crippen LogP contribution in [0.15, 0.2) is 51.1 Å². The van der Waals surface area contributed by atoms with E-state index in [4.69, 9.17) is 9.47 Å². The molecule has 0 atom stereocenters. The SMILES string of the molecule is O=C(CNC(=O)c1ccc2c(c1)OCO2)N=Nc1c(O)[nH]c2ccc(Br)cc12. The number of hydrogen-bond donors (Lipinski definition) is 3. The zero-order chi connectivity index (χ0) is 19.7. The first-order valence-electron chi connectivity index (χ1n) is 8.14. The molecule has 142 valence electrons. The van der Waals surface area contributed by atoms with Gasteiger partial charge < -0.3 is 24.9 Å². The molecule has 0 radical (unpaired) electrons. The standard InChI is InChI=1S/C18H13BrN4O5/c19-10-2-3-12-11(6-10)16(18(26)21-12)23-22-15(24)7-20-17(25)9-1-4-13-14(5-9)28-8-27-13/h1-6,21,26H,7-8H2,(H,20,25). The zero-order valence-corrected chi connectivity index (χ0v) is 15.8. The predicted octanol–water partition coefficient (Wildman–Crippen LogP) is 3.41. The largest absolute Gasteiger partial charge is 0.493 e. The molecule has 0 spiro atoms. The average molecular weight is 445 g/mol. The van der Waals surface area contributed by atoms with Gasteiger partial charge in [-0.1, -0.05) is 15.9 Å². The van der Waals surface area contributed by atoms with Crippen molar-refractivity contribution in [3.8, 4) is 17.4 Å². The summed E-state index contributed by atoms with van der Waals surface area (Å²) in [5.74, 6) is -0.293. The number of nitrogens with one attached hydrogen (secondary N) is 2. The van der Waals surface area contributed by atoms with Crippen LogP contribution in [0.25, 0.3) is 10.9 Å². The number of benzene rings is 2. The van der Waals surface area contributed by atoms with Gasteiger partial charge in [-0.05, 0) is 36.4 Å². The lowest BCUT2D eigenvalue weighted by molar-refractivity contribution is -0.117. The number of aromatic nitrogens is 1. The number of fused-ring (bicyclic) bond motifs is 2. The molecule has 2 aromatic carbocycles. The van der Waals surface area contributed by atoms with Gasteiger partial charge in [-0.3, -0.25) is 9.59 Å². The van der Waals surface area contributed by atoms with Gasteiger partial charge in [-0.25, -0.2) is 0 Å². The molecule has 0 saturated heterocycles. The molecule has 10 heteroatoms.